The van der Waals surface area contributed by atoms with E-state index in [-0.39, 0.29) is 17.8 Å². The number of benzene rings is 1. The Morgan fingerprint density at radius 3 is 2.26 bits per heavy atom. The number of carbonyl (C=O) groups excluding carboxylic acids is 2. The minimum absolute atomic E-state index is 0.0408. The summed E-state index contributed by atoms with van der Waals surface area (Å²) >= 11 is 0. The Morgan fingerprint density at radius 1 is 1.15 bits per heavy atom. The van der Waals surface area contributed by atoms with Crippen LogP contribution in [-0.2, 0) is 14.3 Å². The van der Waals surface area contributed by atoms with Gasteiger partial charge in [-0.05, 0) is 35.8 Å². The van der Waals surface area contributed by atoms with E-state index in [0.717, 1.165) is 6.42 Å². The molecule has 1 aliphatic rings. The van der Waals surface area contributed by atoms with E-state index < -0.39 is 18.3 Å². The van der Waals surface area contributed by atoms with Gasteiger partial charge < -0.3 is 14.7 Å². The second-order valence-corrected chi connectivity index (χ2v) is 7.83. The summed E-state index contributed by atoms with van der Waals surface area (Å²) in [5.41, 5.74) is 1.91. The average molecular weight is 376 g/mol. The zero-order valence-electron chi connectivity index (χ0n) is 16.9. The van der Waals surface area contributed by atoms with Gasteiger partial charge in [0.05, 0.1) is 13.2 Å². The molecule has 1 aromatic carbocycles. The van der Waals surface area contributed by atoms with Crippen molar-refractivity contribution in [2.75, 3.05) is 13.7 Å². The highest BCUT2D eigenvalue weighted by atomic mass is 16.5. The second-order valence-electron chi connectivity index (χ2n) is 7.83. The lowest BCUT2D eigenvalue weighted by atomic mass is 9.99. The Balaban J connectivity index is 2.12. The van der Waals surface area contributed by atoms with Crippen LogP contribution in [0.5, 0.6) is 0 Å². The summed E-state index contributed by atoms with van der Waals surface area (Å²) in [4.78, 5) is 26.6. The number of likely N-dealkylation sites (tertiary alicyclic amines) is 1. The van der Waals surface area contributed by atoms with Crippen molar-refractivity contribution in [1.82, 2.24) is 10.2 Å². The van der Waals surface area contributed by atoms with Crippen molar-refractivity contribution in [2.45, 2.75) is 64.8 Å². The van der Waals surface area contributed by atoms with Crippen molar-refractivity contribution in [2.24, 2.45) is 5.92 Å². The van der Waals surface area contributed by atoms with Crippen LogP contribution in [0.15, 0.2) is 24.3 Å². The van der Waals surface area contributed by atoms with E-state index in [1.54, 1.807) is 4.90 Å². The molecule has 150 valence electrons. The van der Waals surface area contributed by atoms with Crippen molar-refractivity contribution in [3.8, 4) is 0 Å². The number of carbonyl (C=O) groups is 2. The summed E-state index contributed by atoms with van der Waals surface area (Å²) in [5.74, 6) is -0.176. The maximum absolute atomic E-state index is 13.1. The predicted molar refractivity (Wildman–Crippen MR) is 104 cm³/mol. The van der Waals surface area contributed by atoms with Gasteiger partial charge in [-0.3, -0.25) is 10.1 Å². The minimum Gasteiger partial charge on any atom is -0.467 e. The summed E-state index contributed by atoms with van der Waals surface area (Å²) in [5, 5.41) is 13.7. The number of nitrogens with one attached hydrogen (secondary N) is 1. The van der Waals surface area contributed by atoms with Gasteiger partial charge in [-0.2, -0.15) is 0 Å². The van der Waals surface area contributed by atoms with Gasteiger partial charge in [0.25, 0.3) is 0 Å². The molecule has 0 spiro atoms. The molecule has 2 rings (SSSR count). The van der Waals surface area contributed by atoms with Crippen LogP contribution in [0.3, 0.4) is 0 Å². The van der Waals surface area contributed by atoms with Crippen molar-refractivity contribution >= 4 is 11.9 Å². The van der Waals surface area contributed by atoms with Gasteiger partial charge in [0, 0.05) is 6.54 Å². The summed E-state index contributed by atoms with van der Waals surface area (Å²) < 4.78 is 4.83. The van der Waals surface area contributed by atoms with Gasteiger partial charge in [-0.1, -0.05) is 52.0 Å². The lowest BCUT2D eigenvalue weighted by Crippen LogP contribution is -2.53. The normalized spacial score (nSPS) is 19.4. The van der Waals surface area contributed by atoms with Crippen LogP contribution >= 0.6 is 0 Å². The van der Waals surface area contributed by atoms with E-state index in [1.165, 1.54) is 12.7 Å². The van der Waals surface area contributed by atoms with E-state index in [1.807, 2.05) is 38.1 Å². The number of nitrogens with zero attached hydrogens (tertiary/aromatic N) is 1. The summed E-state index contributed by atoms with van der Waals surface area (Å²) in [6, 6.07) is 6.61. The highest BCUT2D eigenvalue weighted by molar-refractivity contribution is 5.88. The van der Waals surface area contributed by atoms with Crippen molar-refractivity contribution in [1.29, 1.82) is 0 Å². The Morgan fingerprint density at radius 2 is 1.74 bits per heavy atom. The molecule has 1 saturated heterocycles. The summed E-state index contributed by atoms with van der Waals surface area (Å²) in [7, 11) is 1.34. The molecule has 6 nitrogen and oxygen atoms in total. The predicted octanol–water partition coefficient (Wildman–Crippen LogP) is 2.58. The first-order valence-electron chi connectivity index (χ1n) is 9.68. The van der Waals surface area contributed by atoms with Gasteiger partial charge >= 0.3 is 5.97 Å². The Labute approximate surface area is 161 Å². The van der Waals surface area contributed by atoms with Gasteiger partial charge in [0.1, 0.15) is 12.3 Å². The number of hydrogen-bond acceptors (Lipinski definition) is 5. The van der Waals surface area contributed by atoms with E-state index in [9.17, 15) is 14.7 Å². The minimum atomic E-state index is -0.957. The number of rotatable bonds is 7. The molecular formula is C21H32N2O4. The molecule has 1 aromatic rings. The molecule has 6 heteroatoms. The number of esters is 1. The lowest BCUT2D eigenvalue weighted by Gasteiger charge is -2.31. The SMILES string of the molecule is COC(=O)[C@@H]1CCCN1C(=O)[C@@H](NC(O)c1ccc(C(C)C)cc1)C(C)C. The van der Waals surface area contributed by atoms with Gasteiger partial charge in [-0.25, -0.2) is 4.79 Å². The Kier molecular flexibility index (Phi) is 7.39. The number of amides is 1. The van der Waals surface area contributed by atoms with Crippen LogP contribution in [0.25, 0.3) is 0 Å². The topological polar surface area (TPSA) is 78.9 Å². The zero-order valence-corrected chi connectivity index (χ0v) is 16.9. The van der Waals surface area contributed by atoms with Crippen LogP contribution < -0.4 is 5.32 Å². The Bertz CT molecular complexity index is 642. The monoisotopic (exact) mass is 376 g/mol. The van der Waals surface area contributed by atoms with Crippen LogP contribution in [0.4, 0.5) is 0 Å². The number of aliphatic hydroxyl groups is 1. The second kappa shape index (κ2) is 9.33. The van der Waals surface area contributed by atoms with Crippen LogP contribution in [0.2, 0.25) is 0 Å². The molecule has 1 amide bonds. The third kappa shape index (κ3) is 5.08. The van der Waals surface area contributed by atoms with Crippen LogP contribution in [0, 0.1) is 5.92 Å². The molecule has 3 atom stereocenters. The van der Waals surface area contributed by atoms with E-state index in [2.05, 4.69) is 19.2 Å². The third-order valence-electron chi connectivity index (χ3n) is 5.20. The van der Waals surface area contributed by atoms with E-state index in [4.69, 9.17) is 4.74 Å². The summed E-state index contributed by atoms with van der Waals surface area (Å²) in [6.45, 7) is 8.61. The molecule has 1 heterocycles. The molecule has 0 radical (unpaired) electrons. The highest BCUT2D eigenvalue weighted by Crippen LogP contribution is 2.23. The first kappa shape index (κ1) is 21.4. The fraction of sp³-hybridized carbons (Fsp3) is 0.619. The number of ether oxygens (including phenoxy) is 1. The molecule has 0 bridgehead atoms. The first-order chi connectivity index (χ1) is 12.8. The fourth-order valence-electron chi connectivity index (χ4n) is 3.47. The maximum Gasteiger partial charge on any atom is 0.328 e. The van der Waals surface area contributed by atoms with Gasteiger partial charge in [0.2, 0.25) is 5.91 Å². The molecular weight excluding hydrogens is 344 g/mol. The largest absolute Gasteiger partial charge is 0.467 e. The van der Waals surface area contributed by atoms with Gasteiger partial charge in [0.15, 0.2) is 0 Å². The lowest BCUT2D eigenvalue weighted by molar-refractivity contribution is -0.152. The number of hydrogen-bond donors (Lipinski definition) is 2. The fourth-order valence-corrected chi connectivity index (χ4v) is 3.47. The van der Waals surface area contributed by atoms with Crippen LogP contribution in [-0.4, -0.2) is 47.6 Å². The van der Waals surface area contributed by atoms with Crippen LogP contribution in [0.1, 0.15) is 63.8 Å². The molecule has 27 heavy (non-hydrogen) atoms. The van der Waals surface area contributed by atoms with Crippen molar-refractivity contribution < 1.29 is 19.4 Å². The summed E-state index contributed by atoms with van der Waals surface area (Å²) in [6.07, 6.45) is 0.430. The van der Waals surface area contributed by atoms with E-state index in [0.29, 0.717) is 24.4 Å². The molecule has 1 aliphatic heterocycles. The molecule has 0 aromatic heterocycles. The standard InChI is InChI=1S/C21H32N2O4/c1-13(2)15-8-10-16(11-9-15)19(24)22-18(14(3)4)20(25)23-12-6-7-17(23)21(26)27-5/h8-11,13-14,17-19,22,24H,6-7,12H2,1-5H3/t17-,18-,19?/m0/s1. The molecule has 2 N–H and O–H groups in total. The van der Waals surface area contributed by atoms with Gasteiger partial charge in [-0.15, -0.1) is 0 Å². The third-order valence-corrected chi connectivity index (χ3v) is 5.20. The first-order valence-corrected chi connectivity index (χ1v) is 9.68. The Hall–Kier alpha value is -1.92. The van der Waals surface area contributed by atoms with E-state index >= 15 is 0 Å². The molecule has 1 fully saturated rings. The molecule has 1 unspecified atom stereocenters. The smallest absolute Gasteiger partial charge is 0.328 e. The highest BCUT2D eigenvalue weighted by Gasteiger charge is 2.39. The van der Waals surface area contributed by atoms with Crippen molar-refractivity contribution in [3.63, 3.8) is 0 Å². The maximum atomic E-state index is 13.1. The zero-order chi connectivity index (χ0) is 20.1. The average Bonchev–Trinajstić information content (AvgIpc) is 3.14. The molecule has 0 saturated carbocycles. The molecule has 0 aliphatic carbocycles. The van der Waals surface area contributed by atoms with Crippen molar-refractivity contribution in [3.05, 3.63) is 35.4 Å². The number of methoxy groups -OCH3 is 1. The number of aliphatic hydroxyl groups excluding tert-OH is 1. The quantitative estimate of drug-likeness (QED) is 0.565.